The van der Waals surface area contributed by atoms with Gasteiger partial charge in [0.25, 0.3) is 5.91 Å². The molecule has 4 aromatic rings. The number of aromatic nitrogens is 2. The maximum absolute atomic E-state index is 13.0. The van der Waals surface area contributed by atoms with Crippen molar-refractivity contribution in [2.45, 2.75) is 25.8 Å². The van der Waals surface area contributed by atoms with Gasteiger partial charge in [-0.25, -0.2) is 0 Å². The van der Waals surface area contributed by atoms with Crippen LogP contribution < -0.4 is 5.32 Å². The zero-order valence-corrected chi connectivity index (χ0v) is 16.9. The van der Waals surface area contributed by atoms with Gasteiger partial charge in [0.05, 0.1) is 33.4 Å². The van der Waals surface area contributed by atoms with Crippen LogP contribution in [0.4, 0.5) is 11.4 Å². The Morgan fingerprint density at radius 1 is 1.34 bits per heavy atom. The summed E-state index contributed by atoms with van der Waals surface area (Å²) < 4.78 is 0.959. The lowest BCUT2D eigenvalue weighted by molar-refractivity contribution is 0.0682. The average Bonchev–Trinajstić information content (AvgIpc) is 3.44. The van der Waals surface area contributed by atoms with Crippen LogP contribution in [0.15, 0.2) is 42.6 Å². The number of aliphatic hydroxyl groups excluding tert-OH is 1. The van der Waals surface area contributed by atoms with E-state index in [0.29, 0.717) is 11.4 Å². The number of nitrogens with zero attached hydrogens (tertiary/aromatic N) is 2. The molecule has 1 aromatic carbocycles. The van der Waals surface area contributed by atoms with Gasteiger partial charge < -0.3 is 20.3 Å². The van der Waals surface area contributed by atoms with Gasteiger partial charge in [0.15, 0.2) is 0 Å². The van der Waals surface area contributed by atoms with Gasteiger partial charge in [-0.15, -0.1) is 11.3 Å². The van der Waals surface area contributed by atoms with Crippen molar-refractivity contribution in [1.29, 1.82) is 0 Å². The maximum atomic E-state index is 13.0. The van der Waals surface area contributed by atoms with E-state index in [4.69, 9.17) is 0 Å². The first kappa shape index (κ1) is 18.1. The molecule has 0 unspecified atom stereocenters. The highest BCUT2D eigenvalue weighted by molar-refractivity contribution is 7.21. The Morgan fingerprint density at radius 3 is 3.10 bits per heavy atom. The Kier molecular flexibility index (Phi) is 4.49. The van der Waals surface area contributed by atoms with E-state index in [1.165, 1.54) is 11.3 Å². The molecule has 5 rings (SSSR count). The van der Waals surface area contributed by atoms with E-state index in [1.807, 2.05) is 25.1 Å². The van der Waals surface area contributed by atoms with E-state index < -0.39 is 0 Å². The molecule has 1 saturated heterocycles. The maximum Gasteiger partial charge on any atom is 0.264 e. The minimum atomic E-state index is -0.0743. The molecular formula is C22H22N4O2S. The molecule has 0 saturated carbocycles. The molecule has 1 aliphatic heterocycles. The number of aliphatic hydroxyl groups is 1. The largest absolute Gasteiger partial charge is 0.394 e. The Bertz CT molecular complexity index is 1210. The van der Waals surface area contributed by atoms with Crippen LogP contribution in [0, 0.1) is 6.92 Å². The lowest BCUT2D eigenvalue weighted by atomic mass is 10.2. The van der Waals surface area contributed by atoms with Gasteiger partial charge in [-0.2, -0.15) is 0 Å². The number of benzene rings is 1. The summed E-state index contributed by atoms with van der Waals surface area (Å²) in [5.74, 6) is -0.0142. The predicted molar refractivity (Wildman–Crippen MR) is 117 cm³/mol. The number of hydrogen-bond acceptors (Lipinski definition) is 5. The molecule has 1 aliphatic rings. The Hall–Kier alpha value is -2.90. The number of anilines is 2. The summed E-state index contributed by atoms with van der Waals surface area (Å²) in [5.41, 5.74) is 4.98. The molecular weight excluding hydrogens is 384 g/mol. The average molecular weight is 407 g/mol. The van der Waals surface area contributed by atoms with E-state index in [2.05, 4.69) is 33.5 Å². The quantitative estimate of drug-likeness (QED) is 0.468. The van der Waals surface area contributed by atoms with E-state index in [-0.39, 0.29) is 18.6 Å². The lowest BCUT2D eigenvalue weighted by Crippen LogP contribution is -2.37. The highest BCUT2D eigenvalue weighted by atomic mass is 32.1. The summed E-state index contributed by atoms with van der Waals surface area (Å²) in [6, 6.07) is 12.1. The SMILES string of the molecule is Cc1cc2cc(Nc3ccnc4cc(C(=O)N5CCC[C@H]5CO)sc34)ccc2[nH]1. The highest BCUT2D eigenvalue weighted by Gasteiger charge is 2.30. The summed E-state index contributed by atoms with van der Waals surface area (Å²) in [5, 5.41) is 14.2. The number of aryl methyl sites for hydroxylation is 1. The molecule has 148 valence electrons. The number of fused-ring (bicyclic) bond motifs is 2. The third kappa shape index (κ3) is 3.26. The second kappa shape index (κ2) is 7.17. The van der Waals surface area contributed by atoms with E-state index in [9.17, 15) is 9.90 Å². The molecule has 0 radical (unpaired) electrons. The second-order valence-corrected chi connectivity index (χ2v) is 8.59. The van der Waals surface area contributed by atoms with Crippen LogP contribution in [0.5, 0.6) is 0 Å². The van der Waals surface area contributed by atoms with Crippen molar-refractivity contribution in [1.82, 2.24) is 14.9 Å². The molecule has 1 atom stereocenters. The van der Waals surface area contributed by atoms with E-state index in [1.54, 1.807) is 11.1 Å². The highest BCUT2D eigenvalue weighted by Crippen LogP contribution is 2.34. The smallest absolute Gasteiger partial charge is 0.264 e. The number of likely N-dealkylation sites (tertiary alicyclic amines) is 1. The van der Waals surface area contributed by atoms with Crippen LogP contribution in [-0.2, 0) is 0 Å². The van der Waals surface area contributed by atoms with Crippen molar-refractivity contribution in [3.8, 4) is 0 Å². The van der Waals surface area contributed by atoms with Gasteiger partial charge in [-0.05, 0) is 56.2 Å². The number of rotatable bonds is 4. The van der Waals surface area contributed by atoms with Crippen LogP contribution in [0.25, 0.3) is 21.1 Å². The Balaban J connectivity index is 1.47. The molecule has 3 aromatic heterocycles. The Morgan fingerprint density at radius 2 is 2.24 bits per heavy atom. The molecule has 1 fully saturated rings. The van der Waals surface area contributed by atoms with Crippen LogP contribution in [0.2, 0.25) is 0 Å². The zero-order valence-electron chi connectivity index (χ0n) is 16.1. The summed E-state index contributed by atoms with van der Waals surface area (Å²) in [6.07, 6.45) is 3.56. The fraction of sp³-hybridized carbons (Fsp3) is 0.273. The van der Waals surface area contributed by atoms with Crippen LogP contribution >= 0.6 is 11.3 Å². The van der Waals surface area contributed by atoms with Gasteiger partial charge >= 0.3 is 0 Å². The molecule has 1 amide bonds. The van der Waals surface area contributed by atoms with E-state index in [0.717, 1.165) is 51.0 Å². The molecule has 6 nitrogen and oxygen atoms in total. The normalized spacial score (nSPS) is 16.8. The third-order valence-corrected chi connectivity index (χ3v) is 6.65. The fourth-order valence-electron chi connectivity index (χ4n) is 4.09. The number of carbonyl (C=O) groups is 1. The third-order valence-electron chi connectivity index (χ3n) is 5.51. The molecule has 3 N–H and O–H groups in total. The number of thiophene rings is 1. The summed E-state index contributed by atoms with van der Waals surface area (Å²) in [6.45, 7) is 2.77. The lowest BCUT2D eigenvalue weighted by Gasteiger charge is -2.22. The van der Waals surface area contributed by atoms with Crippen molar-refractivity contribution < 1.29 is 9.90 Å². The number of carbonyl (C=O) groups excluding carboxylic acids is 1. The second-order valence-electron chi connectivity index (χ2n) is 7.54. The molecule has 0 aliphatic carbocycles. The number of aromatic amines is 1. The summed E-state index contributed by atoms with van der Waals surface area (Å²) in [4.78, 5) is 23.2. The van der Waals surface area contributed by atoms with Crippen molar-refractivity contribution in [3.05, 3.63) is 53.2 Å². The van der Waals surface area contributed by atoms with Crippen molar-refractivity contribution in [3.63, 3.8) is 0 Å². The minimum Gasteiger partial charge on any atom is -0.394 e. The fourth-order valence-corrected chi connectivity index (χ4v) is 5.13. The number of pyridine rings is 1. The van der Waals surface area contributed by atoms with Crippen molar-refractivity contribution in [2.75, 3.05) is 18.5 Å². The van der Waals surface area contributed by atoms with Gasteiger partial charge in [-0.3, -0.25) is 9.78 Å². The van der Waals surface area contributed by atoms with E-state index >= 15 is 0 Å². The predicted octanol–water partition coefficient (Wildman–Crippen LogP) is 4.43. The molecule has 0 spiro atoms. The minimum absolute atomic E-state index is 0.0142. The monoisotopic (exact) mass is 406 g/mol. The zero-order chi connectivity index (χ0) is 20.0. The summed E-state index contributed by atoms with van der Waals surface area (Å²) in [7, 11) is 0. The van der Waals surface area contributed by atoms with Crippen LogP contribution in [-0.4, -0.2) is 45.1 Å². The van der Waals surface area contributed by atoms with Gasteiger partial charge in [0, 0.05) is 35.0 Å². The summed E-state index contributed by atoms with van der Waals surface area (Å²) >= 11 is 1.45. The van der Waals surface area contributed by atoms with Crippen LogP contribution in [0.3, 0.4) is 0 Å². The first-order valence-electron chi connectivity index (χ1n) is 9.79. The number of nitrogens with one attached hydrogen (secondary N) is 2. The van der Waals surface area contributed by atoms with Crippen molar-refractivity contribution in [2.24, 2.45) is 0 Å². The first-order valence-corrected chi connectivity index (χ1v) is 10.6. The number of hydrogen-bond donors (Lipinski definition) is 3. The molecule has 0 bridgehead atoms. The number of amides is 1. The molecule has 7 heteroatoms. The van der Waals surface area contributed by atoms with Gasteiger partial charge in [0.2, 0.25) is 0 Å². The molecule has 29 heavy (non-hydrogen) atoms. The Labute approximate surface area is 172 Å². The molecule has 4 heterocycles. The standard InChI is InChI=1S/C22H22N4O2S/c1-13-9-14-10-15(4-5-17(14)24-13)25-18-6-7-23-19-11-20(29-21(18)19)22(28)26-8-2-3-16(26)12-27/h4-7,9-11,16,24,27H,2-3,8,12H2,1H3,(H,23,25)/t16-/m0/s1. The first-order chi connectivity index (χ1) is 14.1. The van der Waals surface area contributed by atoms with Gasteiger partial charge in [0.1, 0.15) is 0 Å². The van der Waals surface area contributed by atoms with Gasteiger partial charge in [-0.1, -0.05) is 0 Å². The topological polar surface area (TPSA) is 81.2 Å². The van der Waals surface area contributed by atoms with Crippen LogP contribution in [0.1, 0.15) is 28.2 Å². The number of H-pyrrole nitrogens is 1. The van der Waals surface area contributed by atoms with Crippen molar-refractivity contribution >= 4 is 49.7 Å².